The summed E-state index contributed by atoms with van der Waals surface area (Å²) in [7, 11) is 12.0. The number of carbonyl (C=O) groups is 6. The van der Waals surface area contributed by atoms with E-state index in [9.17, 15) is 28.8 Å². The first-order chi connectivity index (χ1) is 28.4. The Hall–Kier alpha value is -4.06. The summed E-state index contributed by atoms with van der Waals surface area (Å²) in [5.74, 6) is -1.14. The summed E-state index contributed by atoms with van der Waals surface area (Å²) in [6.45, 7) is 7.54. The lowest BCUT2D eigenvalue weighted by atomic mass is 9.83. The van der Waals surface area contributed by atoms with Gasteiger partial charge in [-0.1, -0.05) is 11.1 Å². The first-order valence-corrected chi connectivity index (χ1v) is 20.0. The Balaban J connectivity index is 0.000000214. The van der Waals surface area contributed by atoms with Crippen molar-refractivity contribution in [3.05, 3.63) is 45.6 Å². The molecule has 6 aliphatic rings. The molecule has 0 aromatic carbocycles. The van der Waals surface area contributed by atoms with Crippen LogP contribution in [0.3, 0.4) is 0 Å². The van der Waals surface area contributed by atoms with Crippen LogP contribution in [0.5, 0.6) is 0 Å². The van der Waals surface area contributed by atoms with Crippen LogP contribution >= 0.6 is 0 Å². The van der Waals surface area contributed by atoms with Crippen molar-refractivity contribution in [1.82, 2.24) is 0 Å². The van der Waals surface area contributed by atoms with Gasteiger partial charge in [-0.05, 0) is 75.7 Å². The number of hydrogen-bond acceptors (Lipinski definition) is 16. The SMILES string of the molecule is COC(=O)/C=C1/CC(OC)CC2OC12C.COC(=O)/C=C1/CC(OC)CC2OC12C.COC(=O)CC1=C(C)C(=O)CC(OC)C1.COC(=O)CC1=C(C)C(=O)CC(OC)C1. The molecule has 2 heterocycles. The zero-order chi connectivity index (χ0) is 44.9. The third-order valence-electron chi connectivity index (χ3n) is 12.2. The first-order valence-electron chi connectivity index (χ1n) is 20.0. The zero-order valence-electron chi connectivity index (χ0n) is 37.2. The van der Waals surface area contributed by atoms with E-state index in [-0.39, 0.29) is 96.1 Å². The summed E-state index contributed by atoms with van der Waals surface area (Å²) in [5, 5.41) is 0. The van der Waals surface area contributed by atoms with E-state index in [0.717, 1.165) is 48.0 Å². The Morgan fingerprint density at radius 2 is 0.867 bits per heavy atom. The van der Waals surface area contributed by atoms with Gasteiger partial charge in [0.25, 0.3) is 0 Å². The number of epoxide rings is 2. The zero-order valence-corrected chi connectivity index (χ0v) is 37.2. The topological polar surface area (TPSA) is 201 Å². The van der Waals surface area contributed by atoms with Gasteiger partial charge in [-0.15, -0.1) is 0 Å². The number of ether oxygens (including phenoxy) is 10. The average Bonchev–Trinajstić information content (AvgIpc) is 4.14. The second-order valence-electron chi connectivity index (χ2n) is 15.7. The van der Waals surface area contributed by atoms with Crippen LogP contribution < -0.4 is 0 Å². The van der Waals surface area contributed by atoms with Crippen molar-refractivity contribution in [2.45, 2.75) is 140 Å². The van der Waals surface area contributed by atoms with Crippen molar-refractivity contribution < 1.29 is 76.1 Å². The van der Waals surface area contributed by atoms with E-state index in [1.807, 2.05) is 13.8 Å². The van der Waals surface area contributed by atoms with Crippen LogP contribution in [-0.4, -0.2) is 140 Å². The quantitative estimate of drug-likeness (QED) is 0.128. The second-order valence-corrected chi connectivity index (χ2v) is 15.7. The predicted octanol–water partition coefficient (Wildman–Crippen LogP) is 4.59. The van der Waals surface area contributed by atoms with Gasteiger partial charge in [-0.2, -0.15) is 0 Å². The molecule has 2 saturated carbocycles. The summed E-state index contributed by atoms with van der Waals surface area (Å²) >= 11 is 0. The third-order valence-corrected chi connectivity index (χ3v) is 12.2. The normalized spacial score (nSPS) is 31.5. The molecule has 2 saturated heterocycles. The number of allylic oxidation sites excluding steroid dienone is 2. The molecule has 4 aliphatic carbocycles. The van der Waals surface area contributed by atoms with Crippen molar-refractivity contribution in [3.63, 3.8) is 0 Å². The average molecular weight is 849 g/mol. The fourth-order valence-corrected chi connectivity index (χ4v) is 7.69. The number of esters is 4. The summed E-state index contributed by atoms with van der Waals surface area (Å²) in [6.07, 6.45) is 9.38. The number of carbonyl (C=O) groups excluding carboxylic acids is 6. The molecule has 0 bridgehead atoms. The van der Waals surface area contributed by atoms with Crippen LogP contribution in [0.25, 0.3) is 0 Å². The van der Waals surface area contributed by atoms with Crippen LogP contribution in [0.15, 0.2) is 45.6 Å². The monoisotopic (exact) mass is 848 g/mol. The number of ketones is 2. The van der Waals surface area contributed by atoms with E-state index in [2.05, 4.69) is 18.9 Å². The highest BCUT2D eigenvalue weighted by Crippen LogP contribution is 2.52. The first kappa shape index (κ1) is 50.3. The molecule has 6 rings (SSSR count). The number of rotatable bonds is 10. The van der Waals surface area contributed by atoms with Gasteiger partial charge in [0.2, 0.25) is 0 Å². The maximum atomic E-state index is 11.6. The number of fused-ring (bicyclic) bond motifs is 2. The molecule has 0 N–H and O–H groups in total. The minimum absolute atomic E-state index is 0.0620. The molecule has 0 aromatic rings. The highest BCUT2D eigenvalue weighted by molar-refractivity contribution is 5.98. The smallest absolute Gasteiger partial charge is 0.330 e. The van der Waals surface area contributed by atoms with Gasteiger partial charge in [0.05, 0.1) is 77.9 Å². The van der Waals surface area contributed by atoms with E-state index in [0.29, 0.717) is 36.8 Å². The summed E-state index contributed by atoms with van der Waals surface area (Å²) in [5.41, 5.74) is 4.53. The molecule has 0 radical (unpaired) electrons. The van der Waals surface area contributed by atoms with Crippen LogP contribution in [-0.2, 0) is 76.1 Å². The minimum atomic E-state index is -0.322. The number of Topliss-reactive ketones (excluding diaryl/α,β-unsaturated/α-hetero) is 2. The van der Waals surface area contributed by atoms with Gasteiger partial charge in [0.15, 0.2) is 11.6 Å². The molecule has 336 valence electrons. The lowest BCUT2D eigenvalue weighted by molar-refractivity contribution is -0.140. The maximum Gasteiger partial charge on any atom is 0.330 e. The van der Waals surface area contributed by atoms with Crippen molar-refractivity contribution in [2.24, 2.45) is 0 Å². The lowest BCUT2D eigenvalue weighted by Gasteiger charge is -2.24. The fraction of sp³-hybridized carbons (Fsp3) is 0.682. The van der Waals surface area contributed by atoms with Crippen molar-refractivity contribution >= 4 is 35.4 Å². The standard InChI is InChI=1S/4C11H16O4/c2*1-11-7(5-10(12)14-3)4-8(13-2)6-9(11)15-11;2*1-7-8(5-11(13)15-3)4-9(14-2)6-10(7)12/h2*5,8-9H,4,6H2,1-3H3;2*9H,4-6H2,1-3H3/b2*7-5-;;. The van der Waals surface area contributed by atoms with Crippen molar-refractivity contribution in [3.8, 4) is 0 Å². The molecule has 60 heavy (non-hydrogen) atoms. The molecule has 16 nitrogen and oxygen atoms in total. The predicted molar refractivity (Wildman–Crippen MR) is 216 cm³/mol. The number of hydrogen-bond donors (Lipinski definition) is 0. The molecular weight excluding hydrogens is 784 g/mol. The van der Waals surface area contributed by atoms with E-state index in [1.165, 1.54) is 40.6 Å². The Bertz CT molecular complexity index is 1600. The van der Waals surface area contributed by atoms with Gasteiger partial charge >= 0.3 is 23.9 Å². The van der Waals surface area contributed by atoms with Gasteiger partial charge in [0.1, 0.15) is 11.2 Å². The Morgan fingerprint density at radius 3 is 1.15 bits per heavy atom. The minimum Gasteiger partial charge on any atom is -0.469 e. The molecule has 16 heteroatoms. The van der Waals surface area contributed by atoms with Gasteiger partial charge < -0.3 is 47.4 Å². The molecular formula is C44H64O16. The number of methoxy groups -OCH3 is 8. The van der Waals surface area contributed by atoms with Crippen LogP contribution in [0, 0.1) is 0 Å². The Kier molecular flexibility index (Phi) is 19.0. The van der Waals surface area contributed by atoms with Crippen LogP contribution in [0.4, 0.5) is 0 Å². The lowest BCUT2D eigenvalue weighted by Crippen LogP contribution is -2.29. The summed E-state index contributed by atoms with van der Waals surface area (Å²) < 4.78 is 50.5. The molecule has 8 unspecified atom stereocenters. The van der Waals surface area contributed by atoms with Gasteiger partial charge in [-0.3, -0.25) is 19.2 Å². The second kappa shape index (κ2) is 22.7. The highest BCUT2D eigenvalue weighted by Gasteiger charge is 2.59. The van der Waals surface area contributed by atoms with Crippen molar-refractivity contribution in [2.75, 3.05) is 56.9 Å². The summed E-state index contributed by atoms with van der Waals surface area (Å²) in [6, 6.07) is 0. The van der Waals surface area contributed by atoms with Crippen LogP contribution in [0.1, 0.15) is 91.9 Å². The van der Waals surface area contributed by atoms with E-state index in [4.69, 9.17) is 28.4 Å². The molecule has 2 aliphatic heterocycles. The van der Waals surface area contributed by atoms with E-state index < -0.39 is 0 Å². The summed E-state index contributed by atoms with van der Waals surface area (Å²) in [4.78, 5) is 67.7. The van der Waals surface area contributed by atoms with Crippen LogP contribution in [0.2, 0.25) is 0 Å². The van der Waals surface area contributed by atoms with Gasteiger partial charge in [-0.25, -0.2) is 9.59 Å². The van der Waals surface area contributed by atoms with E-state index >= 15 is 0 Å². The Morgan fingerprint density at radius 1 is 0.533 bits per heavy atom. The van der Waals surface area contributed by atoms with Crippen molar-refractivity contribution in [1.29, 1.82) is 0 Å². The third kappa shape index (κ3) is 13.5. The molecule has 0 amide bonds. The maximum absolute atomic E-state index is 11.6. The van der Waals surface area contributed by atoms with Gasteiger partial charge in [0, 0.05) is 66.3 Å². The largest absolute Gasteiger partial charge is 0.469 e. The van der Waals surface area contributed by atoms with E-state index in [1.54, 1.807) is 42.3 Å². The Labute approximate surface area is 353 Å². The molecule has 8 atom stereocenters. The molecule has 0 aromatic heterocycles. The molecule has 4 fully saturated rings. The fourth-order valence-electron chi connectivity index (χ4n) is 7.69. The molecule has 0 spiro atoms. The highest BCUT2D eigenvalue weighted by atomic mass is 16.6.